The maximum absolute atomic E-state index is 11.4. The third kappa shape index (κ3) is 6.92. The van der Waals surface area contributed by atoms with E-state index in [0.717, 1.165) is 10.0 Å². The number of hydrogen-bond donors (Lipinski definition) is 2. The van der Waals surface area contributed by atoms with Gasteiger partial charge >= 0.3 is 0 Å². The minimum absolute atomic E-state index is 0.0295. The molecule has 106 valence electrons. The Bertz CT molecular complexity index is 416. The molecule has 0 aliphatic carbocycles. The Kier molecular flexibility index (Phi) is 8.05. The fourth-order valence-electron chi connectivity index (χ4n) is 1.47. The first-order valence-electron chi connectivity index (χ1n) is 6.03. The predicted octanol–water partition coefficient (Wildman–Crippen LogP) is 2.34. The van der Waals surface area contributed by atoms with E-state index in [1.807, 2.05) is 18.2 Å². The Balaban J connectivity index is 2.16. The second kappa shape index (κ2) is 9.31. The van der Waals surface area contributed by atoms with E-state index in [9.17, 15) is 4.79 Å². The number of carbonyl (C=O) groups is 1. The van der Waals surface area contributed by atoms with Gasteiger partial charge in [-0.05, 0) is 33.6 Å². The van der Waals surface area contributed by atoms with Crippen LogP contribution >= 0.6 is 27.5 Å². The number of benzene rings is 1. The average molecular weight is 350 g/mol. The van der Waals surface area contributed by atoms with Gasteiger partial charge < -0.3 is 15.4 Å². The molecule has 6 heteroatoms. The van der Waals surface area contributed by atoms with Crippen LogP contribution in [-0.4, -0.2) is 32.7 Å². The van der Waals surface area contributed by atoms with Crippen molar-refractivity contribution in [1.82, 2.24) is 10.6 Å². The fourth-order valence-corrected chi connectivity index (χ4v) is 2.01. The second-order valence-electron chi connectivity index (χ2n) is 4.02. The summed E-state index contributed by atoms with van der Waals surface area (Å²) in [4.78, 5) is 11.4. The molecule has 0 heterocycles. The van der Waals surface area contributed by atoms with Crippen molar-refractivity contribution in [3.8, 4) is 0 Å². The first-order valence-corrected chi connectivity index (χ1v) is 7.21. The van der Waals surface area contributed by atoms with Gasteiger partial charge in [0.2, 0.25) is 5.91 Å². The van der Waals surface area contributed by atoms with E-state index in [0.29, 0.717) is 37.7 Å². The minimum atomic E-state index is 0.0295. The summed E-state index contributed by atoms with van der Waals surface area (Å²) in [5.41, 5.74) is 1.12. The first-order chi connectivity index (χ1) is 9.13. The normalized spacial score (nSPS) is 10.5. The molecule has 4 nitrogen and oxygen atoms in total. The molecular weight excluding hydrogens is 332 g/mol. The van der Waals surface area contributed by atoms with E-state index < -0.39 is 0 Å². The Morgan fingerprint density at radius 1 is 1.42 bits per heavy atom. The molecule has 0 radical (unpaired) electrons. The number of nitrogens with one attached hydrogen (secondary N) is 2. The Morgan fingerprint density at radius 3 is 2.89 bits per heavy atom. The van der Waals surface area contributed by atoms with Crippen LogP contribution in [0.2, 0.25) is 5.02 Å². The van der Waals surface area contributed by atoms with Crippen molar-refractivity contribution in [3.05, 3.63) is 33.3 Å². The lowest BCUT2D eigenvalue weighted by molar-refractivity contribution is -0.121. The summed E-state index contributed by atoms with van der Waals surface area (Å²) in [6, 6.07) is 5.77. The number of ether oxygens (including phenoxy) is 1. The number of rotatable bonds is 8. The highest BCUT2D eigenvalue weighted by Crippen LogP contribution is 2.22. The molecule has 1 aromatic carbocycles. The van der Waals surface area contributed by atoms with E-state index in [1.54, 1.807) is 7.11 Å². The summed E-state index contributed by atoms with van der Waals surface area (Å²) in [5.74, 6) is 0.0295. The van der Waals surface area contributed by atoms with Gasteiger partial charge in [0.05, 0.1) is 11.6 Å². The second-order valence-corrected chi connectivity index (χ2v) is 5.28. The summed E-state index contributed by atoms with van der Waals surface area (Å²) >= 11 is 9.29. The van der Waals surface area contributed by atoms with Crippen molar-refractivity contribution in [2.45, 2.75) is 13.0 Å². The zero-order valence-electron chi connectivity index (χ0n) is 10.8. The molecule has 0 saturated heterocycles. The maximum Gasteiger partial charge on any atom is 0.221 e. The highest BCUT2D eigenvalue weighted by molar-refractivity contribution is 9.10. The number of carbonyl (C=O) groups excluding carboxylic acids is 1. The van der Waals surface area contributed by atoms with Gasteiger partial charge in [-0.1, -0.05) is 17.7 Å². The quantitative estimate of drug-likeness (QED) is 0.708. The summed E-state index contributed by atoms with van der Waals surface area (Å²) in [5, 5.41) is 6.68. The summed E-state index contributed by atoms with van der Waals surface area (Å²) in [6.07, 6.45) is 0.457. The van der Waals surface area contributed by atoms with Gasteiger partial charge in [-0.15, -0.1) is 0 Å². The van der Waals surface area contributed by atoms with Crippen molar-refractivity contribution in [1.29, 1.82) is 0 Å². The monoisotopic (exact) mass is 348 g/mol. The highest BCUT2D eigenvalue weighted by Gasteiger charge is 2.01. The molecule has 19 heavy (non-hydrogen) atoms. The average Bonchev–Trinajstić information content (AvgIpc) is 2.39. The first kappa shape index (κ1) is 16.4. The highest BCUT2D eigenvalue weighted by atomic mass is 79.9. The number of methoxy groups -OCH3 is 1. The van der Waals surface area contributed by atoms with Crippen LogP contribution < -0.4 is 10.6 Å². The molecule has 0 aliphatic heterocycles. The molecule has 1 amide bonds. The number of hydrogen-bond acceptors (Lipinski definition) is 3. The number of amides is 1. The zero-order valence-corrected chi connectivity index (χ0v) is 13.2. The Morgan fingerprint density at radius 2 is 2.21 bits per heavy atom. The fraction of sp³-hybridized carbons (Fsp3) is 0.462. The van der Waals surface area contributed by atoms with E-state index in [4.69, 9.17) is 16.3 Å². The SMILES string of the molecule is COCCNC(=O)CCNCc1ccc(Cl)c(Br)c1. The molecule has 0 spiro atoms. The Labute approximate surface area is 127 Å². The minimum Gasteiger partial charge on any atom is -0.383 e. The van der Waals surface area contributed by atoms with Crippen LogP contribution in [0.5, 0.6) is 0 Å². The number of halogens is 2. The molecule has 2 N–H and O–H groups in total. The van der Waals surface area contributed by atoms with Crippen molar-refractivity contribution < 1.29 is 9.53 Å². The lowest BCUT2D eigenvalue weighted by Crippen LogP contribution is -2.29. The Hall–Kier alpha value is -0.620. The van der Waals surface area contributed by atoms with Crippen LogP contribution in [0.1, 0.15) is 12.0 Å². The lowest BCUT2D eigenvalue weighted by Gasteiger charge is -2.07. The van der Waals surface area contributed by atoms with Crippen LogP contribution in [0, 0.1) is 0 Å². The van der Waals surface area contributed by atoms with Crippen molar-refractivity contribution >= 4 is 33.4 Å². The molecule has 0 unspecified atom stereocenters. The van der Waals surface area contributed by atoms with Gasteiger partial charge in [0.25, 0.3) is 0 Å². The molecule has 0 aromatic heterocycles. The van der Waals surface area contributed by atoms with Gasteiger partial charge in [-0.25, -0.2) is 0 Å². The summed E-state index contributed by atoms with van der Waals surface area (Å²) in [6.45, 7) is 2.44. The van der Waals surface area contributed by atoms with Gasteiger partial charge in [-0.3, -0.25) is 4.79 Å². The standard InChI is InChI=1S/C13H18BrClN2O2/c1-19-7-6-17-13(18)4-5-16-9-10-2-3-12(15)11(14)8-10/h2-3,8,16H,4-7,9H2,1H3,(H,17,18). The van der Waals surface area contributed by atoms with Gasteiger partial charge in [0.15, 0.2) is 0 Å². The van der Waals surface area contributed by atoms with Crippen LogP contribution in [-0.2, 0) is 16.1 Å². The van der Waals surface area contributed by atoms with Crippen molar-refractivity contribution in [3.63, 3.8) is 0 Å². The van der Waals surface area contributed by atoms with Crippen LogP contribution in [0.15, 0.2) is 22.7 Å². The largest absolute Gasteiger partial charge is 0.383 e. The van der Waals surface area contributed by atoms with Crippen LogP contribution in [0.4, 0.5) is 0 Å². The maximum atomic E-state index is 11.4. The topological polar surface area (TPSA) is 50.4 Å². The molecule has 0 aliphatic rings. The van der Waals surface area contributed by atoms with E-state index in [-0.39, 0.29) is 5.91 Å². The summed E-state index contributed by atoms with van der Waals surface area (Å²) in [7, 11) is 1.61. The van der Waals surface area contributed by atoms with Crippen molar-refractivity contribution in [2.75, 3.05) is 26.8 Å². The smallest absolute Gasteiger partial charge is 0.221 e. The molecule has 0 fully saturated rings. The predicted molar refractivity (Wildman–Crippen MR) is 80.4 cm³/mol. The van der Waals surface area contributed by atoms with E-state index in [1.165, 1.54) is 0 Å². The molecule has 0 saturated carbocycles. The van der Waals surface area contributed by atoms with Crippen molar-refractivity contribution in [2.24, 2.45) is 0 Å². The molecule has 0 atom stereocenters. The van der Waals surface area contributed by atoms with Crippen LogP contribution in [0.3, 0.4) is 0 Å². The lowest BCUT2D eigenvalue weighted by atomic mass is 10.2. The molecule has 1 aromatic rings. The molecular formula is C13H18BrClN2O2. The van der Waals surface area contributed by atoms with E-state index >= 15 is 0 Å². The third-order valence-corrected chi connectivity index (χ3v) is 3.68. The van der Waals surface area contributed by atoms with Crippen LogP contribution in [0.25, 0.3) is 0 Å². The van der Waals surface area contributed by atoms with E-state index in [2.05, 4.69) is 26.6 Å². The van der Waals surface area contributed by atoms with Gasteiger partial charge in [0, 0.05) is 37.6 Å². The summed E-state index contributed by atoms with van der Waals surface area (Å²) < 4.78 is 5.73. The third-order valence-electron chi connectivity index (χ3n) is 2.47. The van der Waals surface area contributed by atoms with Gasteiger partial charge in [0.1, 0.15) is 0 Å². The molecule has 0 bridgehead atoms. The zero-order chi connectivity index (χ0) is 14.1. The van der Waals surface area contributed by atoms with Gasteiger partial charge in [-0.2, -0.15) is 0 Å². The molecule has 1 rings (SSSR count).